The summed E-state index contributed by atoms with van der Waals surface area (Å²) in [6.07, 6.45) is 1.23. The number of carbonyl (C=O) groups excluding carboxylic acids is 1. The molecule has 2 rings (SSSR count). The zero-order chi connectivity index (χ0) is 14.5. The van der Waals surface area contributed by atoms with E-state index >= 15 is 0 Å². The van der Waals surface area contributed by atoms with Gasteiger partial charge in [-0.1, -0.05) is 18.2 Å². The highest BCUT2D eigenvalue weighted by Gasteiger charge is 2.34. The van der Waals surface area contributed by atoms with Gasteiger partial charge >= 0.3 is 12.3 Å². The topological polar surface area (TPSA) is 96.5 Å². The number of ether oxygens (including phenoxy) is 1. The minimum Gasteiger partial charge on any atom is -0.377 e. The van der Waals surface area contributed by atoms with Crippen LogP contribution in [0.4, 0.5) is 4.79 Å². The Balaban J connectivity index is 2.11. The third-order valence-electron chi connectivity index (χ3n) is 3.03. The summed E-state index contributed by atoms with van der Waals surface area (Å²) in [7, 11) is 0. The molecule has 1 radical (unpaired) electrons. The summed E-state index contributed by atoms with van der Waals surface area (Å²) in [5.74, 6) is 0. The quantitative estimate of drug-likeness (QED) is 0.394. The second kappa shape index (κ2) is 6.14. The zero-order valence-electron chi connectivity index (χ0n) is 10.6. The molecule has 1 fully saturated rings. The van der Waals surface area contributed by atoms with E-state index in [2.05, 4.69) is 0 Å². The monoisotopic (exact) mass is 276 g/mol. The van der Waals surface area contributed by atoms with Gasteiger partial charge in [0.1, 0.15) is 0 Å². The molecule has 1 N–H and O–H groups in total. The molecular weight excluding hydrogens is 262 g/mol. The number of benzene rings is 1. The standard InChI is InChI=1S/C13H14N3O4/c14-9-11-7-4-8-15(11)13(17)20-12(16(18)19)10-5-2-1-3-6-10/h1-3,5-7,9,11-12,14H,4,8H2. The van der Waals surface area contributed by atoms with E-state index < -0.39 is 23.3 Å². The van der Waals surface area contributed by atoms with Crippen molar-refractivity contribution in [3.05, 3.63) is 52.4 Å². The molecule has 1 saturated heterocycles. The van der Waals surface area contributed by atoms with Crippen molar-refractivity contribution < 1.29 is 14.5 Å². The Bertz CT molecular complexity index is 506. The molecule has 1 heterocycles. The Morgan fingerprint density at radius 3 is 2.80 bits per heavy atom. The van der Waals surface area contributed by atoms with Crippen molar-refractivity contribution in [1.29, 1.82) is 5.41 Å². The highest BCUT2D eigenvalue weighted by molar-refractivity contribution is 5.76. The Morgan fingerprint density at radius 2 is 2.20 bits per heavy atom. The average molecular weight is 276 g/mol. The van der Waals surface area contributed by atoms with Gasteiger partial charge in [-0.2, -0.15) is 0 Å². The zero-order valence-corrected chi connectivity index (χ0v) is 10.6. The van der Waals surface area contributed by atoms with Crippen molar-refractivity contribution in [3.63, 3.8) is 0 Å². The maximum absolute atomic E-state index is 12.0. The SMILES string of the molecule is N=CC1[CH]CCN1C(=O)OC(c1ccccc1)[N+](=O)[O-]. The van der Waals surface area contributed by atoms with Crippen molar-refractivity contribution in [2.45, 2.75) is 18.7 Å². The normalized spacial score (nSPS) is 19.4. The summed E-state index contributed by atoms with van der Waals surface area (Å²) < 4.78 is 4.98. The van der Waals surface area contributed by atoms with Crippen LogP contribution in [-0.4, -0.2) is 34.7 Å². The van der Waals surface area contributed by atoms with E-state index in [1.54, 1.807) is 24.6 Å². The van der Waals surface area contributed by atoms with E-state index in [1.165, 1.54) is 17.0 Å². The number of carbonyl (C=O) groups is 1. The minimum atomic E-state index is -1.53. The summed E-state index contributed by atoms with van der Waals surface area (Å²) in [5, 5.41) is 18.3. The fourth-order valence-electron chi connectivity index (χ4n) is 2.05. The van der Waals surface area contributed by atoms with E-state index in [4.69, 9.17) is 10.1 Å². The van der Waals surface area contributed by atoms with Crippen molar-refractivity contribution >= 4 is 12.3 Å². The maximum atomic E-state index is 12.0. The Morgan fingerprint density at radius 1 is 1.50 bits per heavy atom. The van der Waals surface area contributed by atoms with Gasteiger partial charge in [-0.15, -0.1) is 0 Å². The molecule has 0 aliphatic carbocycles. The molecule has 1 aliphatic heterocycles. The maximum Gasteiger partial charge on any atom is 0.415 e. The summed E-state index contributed by atoms with van der Waals surface area (Å²) >= 11 is 0. The highest BCUT2D eigenvalue weighted by atomic mass is 16.7. The van der Waals surface area contributed by atoms with Gasteiger partial charge in [-0.25, -0.2) is 4.79 Å². The van der Waals surface area contributed by atoms with E-state index in [-0.39, 0.29) is 0 Å². The molecule has 0 spiro atoms. The fraction of sp³-hybridized carbons (Fsp3) is 0.308. The van der Waals surface area contributed by atoms with Gasteiger partial charge in [0.05, 0.1) is 16.5 Å². The number of nitrogens with one attached hydrogen (secondary N) is 1. The molecular formula is C13H14N3O4. The molecule has 0 saturated carbocycles. The van der Waals surface area contributed by atoms with Crippen molar-refractivity contribution in [1.82, 2.24) is 4.90 Å². The first-order valence-electron chi connectivity index (χ1n) is 6.13. The third kappa shape index (κ3) is 2.93. The van der Waals surface area contributed by atoms with E-state index in [0.29, 0.717) is 18.5 Å². The van der Waals surface area contributed by atoms with Crippen molar-refractivity contribution in [2.75, 3.05) is 6.54 Å². The molecule has 0 aromatic heterocycles. The van der Waals surface area contributed by atoms with Crippen LogP contribution in [0.1, 0.15) is 18.2 Å². The highest BCUT2D eigenvalue weighted by Crippen LogP contribution is 2.22. The van der Waals surface area contributed by atoms with Crippen LogP contribution >= 0.6 is 0 Å². The summed E-state index contributed by atoms with van der Waals surface area (Å²) in [5.41, 5.74) is 0.306. The molecule has 2 unspecified atom stereocenters. The second-order valence-corrected chi connectivity index (χ2v) is 4.31. The second-order valence-electron chi connectivity index (χ2n) is 4.31. The Labute approximate surface area is 115 Å². The summed E-state index contributed by atoms with van der Waals surface area (Å²) in [4.78, 5) is 23.7. The van der Waals surface area contributed by atoms with Crippen molar-refractivity contribution in [3.8, 4) is 0 Å². The molecule has 1 amide bonds. The van der Waals surface area contributed by atoms with Crippen LogP contribution in [0.5, 0.6) is 0 Å². The van der Waals surface area contributed by atoms with Crippen LogP contribution in [0.2, 0.25) is 0 Å². The molecule has 7 nitrogen and oxygen atoms in total. The first-order valence-corrected chi connectivity index (χ1v) is 6.13. The largest absolute Gasteiger partial charge is 0.415 e. The number of nitro groups is 1. The summed E-state index contributed by atoms with van der Waals surface area (Å²) in [6, 6.07) is 7.62. The fourth-order valence-corrected chi connectivity index (χ4v) is 2.05. The smallest absolute Gasteiger partial charge is 0.377 e. The van der Waals surface area contributed by atoms with Gasteiger partial charge < -0.3 is 10.1 Å². The summed E-state index contributed by atoms with van der Waals surface area (Å²) in [6.45, 7) is 0.401. The first kappa shape index (κ1) is 14.0. The predicted molar refractivity (Wildman–Crippen MR) is 70.9 cm³/mol. The van der Waals surface area contributed by atoms with Gasteiger partial charge in [0, 0.05) is 12.8 Å². The van der Waals surface area contributed by atoms with Gasteiger partial charge in [0.15, 0.2) is 0 Å². The van der Waals surface area contributed by atoms with Gasteiger partial charge in [0.25, 0.3) is 0 Å². The lowest BCUT2D eigenvalue weighted by Crippen LogP contribution is -2.38. The van der Waals surface area contributed by atoms with Crippen LogP contribution < -0.4 is 0 Å². The third-order valence-corrected chi connectivity index (χ3v) is 3.03. The number of rotatable bonds is 4. The van der Waals surface area contributed by atoms with Crippen LogP contribution in [0.15, 0.2) is 30.3 Å². The van der Waals surface area contributed by atoms with Crippen LogP contribution in [0, 0.1) is 21.9 Å². The van der Waals surface area contributed by atoms with Crippen molar-refractivity contribution in [2.24, 2.45) is 0 Å². The van der Waals surface area contributed by atoms with E-state index in [0.717, 1.165) is 6.21 Å². The van der Waals surface area contributed by atoms with E-state index in [1.807, 2.05) is 0 Å². The number of nitrogens with zero attached hydrogens (tertiary/aromatic N) is 2. The molecule has 1 aliphatic rings. The molecule has 7 heteroatoms. The minimum absolute atomic E-state index is 0.306. The van der Waals surface area contributed by atoms with E-state index in [9.17, 15) is 14.9 Å². The lowest BCUT2D eigenvalue weighted by molar-refractivity contribution is -0.575. The number of likely N-dealkylation sites (tertiary alicyclic amines) is 1. The first-order chi connectivity index (χ1) is 9.63. The predicted octanol–water partition coefficient (Wildman–Crippen LogP) is 2.03. The Kier molecular flexibility index (Phi) is 4.29. The molecule has 0 bridgehead atoms. The molecule has 105 valence electrons. The lowest BCUT2D eigenvalue weighted by Gasteiger charge is -2.21. The molecule has 1 aromatic rings. The number of hydrogen-bond donors (Lipinski definition) is 1. The number of hydrogen-bond acceptors (Lipinski definition) is 5. The molecule has 2 atom stereocenters. The molecule has 1 aromatic carbocycles. The lowest BCUT2D eigenvalue weighted by atomic mass is 10.2. The Hall–Kier alpha value is -2.44. The number of amides is 1. The van der Waals surface area contributed by atoms with Crippen LogP contribution in [0.25, 0.3) is 0 Å². The average Bonchev–Trinajstić information content (AvgIpc) is 2.93. The molecule has 20 heavy (non-hydrogen) atoms. The van der Waals surface area contributed by atoms with Gasteiger partial charge in [-0.3, -0.25) is 15.0 Å². The van der Waals surface area contributed by atoms with Crippen LogP contribution in [-0.2, 0) is 4.74 Å². The van der Waals surface area contributed by atoms with Gasteiger partial charge in [0.2, 0.25) is 0 Å². The van der Waals surface area contributed by atoms with Crippen LogP contribution in [0.3, 0.4) is 0 Å². The van der Waals surface area contributed by atoms with Gasteiger partial charge in [-0.05, 0) is 25.0 Å².